The van der Waals surface area contributed by atoms with Gasteiger partial charge in [0.15, 0.2) is 5.16 Å². The second-order valence-electron chi connectivity index (χ2n) is 4.96. The molecular formula is C12H19N5O3S. The van der Waals surface area contributed by atoms with Crippen molar-refractivity contribution in [3.05, 3.63) is 10.5 Å². The summed E-state index contributed by atoms with van der Waals surface area (Å²) in [5.41, 5.74) is -0.299. The van der Waals surface area contributed by atoms with E-state index in [1.807, 2.05) is 0 Å². The van der Waals surface area contributed by atoms with Crippen LogP contribution in [-0.4, -0.2) is 67.8 Å². The lowest BCUT2D eigenvalue weighted by Gasteiger charge is -2.35. The Hall–Kier alpha value is -1.77. The van der Waals surface area contributed by atoms with Crippen LogP contribution in [0.2, 0.25) is 0 Å². The second-order valence-corrected chi connectivity index (χ2v) is 6.27. The second kappa shape index (κ2) is 6.33. The van der Waals surface area contributed by atoms with Crippen molar-refractivity contribution in [2.45, 2.75) is 24.3 Å². The molecule has 9 heteroatoms. The molecule has 1 saturated heterocycles. The predicted octanol–water partition coefficient (Wildman–Crippen LogP) is -0.720. The number of H-pyrrole nitrogens is 1. The van der Waals surface area contributed by atoms with E-state index < -0.39 is 0 Å². The molecule has 8 nitrogen and oxygen atoms in total. The van der Waals surface area contributed by atoms with Gasteiger partial charge in [-0.1, -0.05) is 11.8 Å². The van der Waals surface area contributed by atoms with Crippen molar-refractivity contribution in [1.29, 1.82) is 0 Å². The first-order valence-corrected chi connectivity index (χ1v) is 7.60. The van der Waals surface area contributed by atoms with Gasteiger partial charge in [-0.15, -0.1) is 5.10 Å². The molecule has 1 aromatic rings. The molecule has 0 saturated carbocycles. The molecular weight excluding hydrogens is 294 g/mol. The quantitative estimate of drug-likeness (QED) is 0.744. The summed E-state index contributed by atoms with van der Waals surface area (Å²) in [4.78, 5) is 38.4. The Bertz CT molecular complexity index is 588. The van der Waals surface area contributed by atoms with Gasteiger partial charge in [0.2, 0.25) is 11.8 Å². The summed E-state index contributed by atoms with van der Waals surface area (Å²) < 4.78 is 1.38. The molecule has 116 valence electrons. The molecule has 1 aliphatic rings. The summed E-state index contributed by atoms with van der Waals surface area (Å²) in [5.74, 6) is 0.0368. The Balaban J connectivity index is 1.93. The maximum atomic E-state index is 12.4. The predicted molar refractivity (Wildman–Crippen MR) is 78.0 cm³/mol. The number of amides is 2. The van der Waals surface area contributed by atoms with Crippen molar-refractivity contribution < 1.29 is 9.59 Å². The lowest BCUT2D eigenvalue weighted by Crippen LogP contribution is -2.51. The van der Waals surface area contributed by atoms with Gasteiger partial charge in [0.25, 0.3) is 0 Å². The van der Waals surface area contributed by atoms with E-state index in [1.54, 1.807) is 23.8 Å². The molecule has 0 aliphatic carbocycles. The molecule has 1 aromatic heterocycles. The molecule has 0 bridgehead atoms. The van der Waals surface area contributed by atoms with Crippen molar-refractivity contribution in [3.8, 4) is 0 Å². The molecule has 2 rings (SSSR count). The number of nitrogens with zero attached hydrogens (tertiary/aromatic N) is 4. The van der Waals surface area contributed by atoms with Gasteiger partial charge in [-0.2, -0.15) is 0 Å². The van der Waals surface area contributed by atoms with E-state index >= 15 is 0 Å². The summed E-state index contributed by atoms with van der Waals surface area (Å²) in [6.45, 7) is 5.56. The average Bonchev–Trinajstić information content (AvgIpc) is 2.78. The molecule has 21 heavy (non-hydrogen) atoms. The highest BCUT2D eigenvalue weighted by Gasteiger charge is 2.27. The van der Waals surface area contributed by atoms with Crippen LogP contribution in [0, 0.1) is 0 Å². The maximum absolute atomic E-state index is 12.4. The van der Waals surface area contributed by atoms with Gasteiger partial charge in [0, 0.05) is 40.2 Å². The average molecular weight is 313 g/mol. The number of aromatic amines is 1. The first kappa shape index (κ1) is 15.6. The number of nitrogens with one attached hydrogen (secondary N) is 1. The lowest BCUT2D eigenvalue weighted by atomic mass is 10.3. The van der Waals surface area contributed by atoms with Crippen LogP contribution in [0.15, 0.2) is 9.95 Å². The van der Waals surface area contributed by atoms with Crippen LogP contribution in [0.3, 0.4) is 0 Å². The topological polar surface area (TPSA) is 91.3 Å². The minimum atomic E-state index is -0.331. The van der Waals surface area contributed by atoms with E-state index in [0.717, 1.165) is 0 Å². The van der Waals surface area contributed by atoms with Gasteiger partial charge >= 0.3 is 5.69 Å². The van der Waals surface area contributed by atoms with Crippen molar-refractivity contribution >= 4 is 23.6 Å². The van der Waals surface area contributed by atoms with Gasteiger partial charge < -0.3 is 9.80 Å². The van der Waals surface area contributed by atoms with Crippen LogP contribution >= 0.6 is 11.8 Å². The minimum absolute atomic E-state index is 0.00125. The molecule has 1 fully saturated rings. The van der Waals surface area contributed by atoms with Crippen molar-refractivity contribution in [2.24, 2.45) is 7.05 Å². The molecule has 1 atom stereocenters. The van der Waals surface area contributed by atoms with Crippen LogP contribution in [-0.2, 0) is 16.6 Å². The number of carbonyl (C=O) groups is 2. The molecule has 1 N–H and O–H groups in total. The monoisotopic (exact) mass is 313 g/mol. The van der Waals surface area contributed by atoms with E-state index in [0.29, 0.717) is 31.3 Å². The zero-order valence-electron chi connectivity index (χ0n) is 12.3. The van der Waals surface area contributed by atoms with E-state index in [2.05, 4.69) is 10.2 Å². The number of rotatable bonds is 3. The van der Waals surface area contributed by atoms with Gasteiger partial charge in [-0.05, 0) is 6.92 Å². The van der Waals surface area contributed by atoms with Crippen molar-refractivity contribution in [3.63, 3.8) is 0 Å². The normalized spacial score (nSPS) is 16.9. The fourth-order valence-electron chi connectivity index (χ4n) is 2.15. The van der Waals surface area contributed by atoms with Gasteiger partial charge in [0.05, 0.1) is 5.25 Å². The fraction of sp³-hybridized carbons (Fsp3) is 0.667. The maximum Gasteiger partial charge on any atom is 0.343 e. The SMILES string of the molecule is CC(=O)N1CCN(C(=O)C(C)Sc2n[nH]c(=O)n2C)CC1. The summed E-state index contributed by atoms with van der Waals surface area (Å²) >= 11 is 1.25. The van der Waals surface area contributed by atoms with Gasteiger partial charge in [-0.25, -0.2) is 9.89 Å². The van der Waals surface area contributed by atoms with Crippen LogP contribution < -0.4 is 5.69 Å². The molecule has 1 unspecified atom stereocenters. The first-order valence-electron chi connectivity index (χ1n) is 6.72. The number of aromatic nitrogens is 3. The third kappa shape index (κ3) is 3.46. The molecule has 0 spiro atoms. The standard InChI is InChI=1S/C12H19N5O3S/c1-8(21-12-14-13-11(20)15(12)3)10(19)17-6-4-16(5-7-17)9(2)18/h8H,4-7H2,1-3H3,(H,13,20). The number of thioether (sulfide) groups is 1. The summed E-state index contributed by atoms with van der Waals surface area (Å²) in [7, 11) is 1.61. The van der Waals surface area contributed by atoms with Crippen molar-refractivity contribution in [1.82, 2.24) is 24.6 Å². The molecule has 2 heterocycles. The zero-order chi connectivity index (χ0) is 15.6. The van der Waals surface area contributed by atoms with E-state index in [-0.39, 0.29) is 22.8 Å². The Labute approximate surface area is 126 Å². The fourth-order valence-corrected chi connectivity index (χ4v) is 3.05. The highest BCUT2D eigenvalue weighted by Crippen LogP contribution is 2.21. The number of piperazine rings is 1. The lowest BCUT2D eigenvalue weighted by molar-refractivity contribution is -0.137. The third-order valence-corrected chi connectivity index (χ3v) is 4.64. The summed E-state index contributed by atoms with van der Waals surface area (Å²) in [6.07, 6.45) is 0. The number of carbonyl (C=O) groups excluding carboxylic acids is 2. The Morgan fingerprint density at radius 1 is 1.24 bits per heavy atom. The Morgan fingerprint density at radius 2 is 1.81 bits per heavy atom. The van der Waals surface area contributed by atoms with E-state index in [1.165, 1.54) is 23.3 Å². The Kier molecular flexibility index (Phi) is 4.71. The first-order chi connectivity index (χ1) is 9.90. The van der Waals surface area contributed by atoms with Gasteiger partial charge in [-0.3, -0.25) is 14.2 Å². The number of hydrogen-bond acceptors (Lipinski definition) is 5. The zero-order valence-corrected chi connectivity index (χ0v) is 13.1. The van der Waals surface area contributed by atoms with E-state index in [9.17, 15) is 14.4 Å². The minimum Gasteiger partial charge on any atom is -0.339 e. The Morgan fingerprint density at radius 3 is 2.29 bits per heavy atom. The van der Waals surface area contributed by atoms with Crippen LogP contribution in [0.1, 0.15) is 13.8 Å². The highest BCUT2D eigenvalue weighted by molar-refractivity contribution is 8.00. The van der Waals surface area contributed by atoms with Crippen LogP contribution in [0.5, 0.6) is 0 Å². The molecule has 0 radical (unpaired) electrons. The van der Waals surface area contributed by atoms with Gasteiger partial charge in [0.1, 0.15) is 0 Å². The third-order valence-electron chi connectivity index (χ3n) is 3.51. The largest absolute Gasteiger partial charge is 0.343 e. The molecule has 2 amide bonds. The van der Waals surface area contributed by atoms with Crippen LogP contribution in [0.25, 0.3) is 0 Å². The molecule has 1 aliphatic heterocycles. The summed E-state index contributed by atoms with van der Waals surface area (Å²) in [6, 6.07) is 0. The van der Waals surface area contributed by atoms with Crippen LogP contribution in [0.4, 0.5) is 0 Å². The highest BCUT2D eigenvalue weighted by atomic mass is 32.2. The number of hydrogen-bond donors (Lipinski definition) is 1. The smallest absolute Gasteiger partial charge is 0.339 e. The molecule has 0 aromatic carbocycles. The van der Waals surface area contributed by atoms with E-state index in [4.69, 9.17) is 0 Å². The summed E-state index contributed by atoms with van der Waals surface area (Å²) in [5, 5.41) is 6.39. The van der Waals surface area contributed by atoms with Crippen molar-refractivity contribution in [2.75, 3.05) is 26.2 Å².